The quantitative estimate of drug-likeness (QED) is 0.822. The molecule has 122 valence electrons. The van der Waals surface area contributed by atoms with E-state index in [1.165, 1.54) is 17.7 Å². The van der Waals surface area contributed by atoms with Crippen molar-refractivity contribution in [2.45, 2.75) is 38.6 Å². The first-order chi connectivity index (χ1) is 10.8. The Morgan fingerprint density at radius 2 is 1.87 bits per heavy atom. The Bertz CT molecular complexity index is 685. The summed E-state index contributed by atoms with van der Waals surface area (Å²) in [6.45, 7) is 6.19. The Labute approximate surface area is 141 Å². The van der Waals surface area contributed by atoms with Crippen LogP contribution in [0.3, 0.4) is 0 Å². The predicted molar refractivity (Wildman–Crippen MR) is 92.4 cm³/mol. The maximum atomic E-state index is 13.8. The number of hydrogen-bond donors (Lipinski definition) is 1. The van der Waals surface area contributed by atoms with Crippen molar-refractivity contribution in [1.29, 1.82) is 0 Å². The molecule has 0 spiro atoms. The van der Waals surface area contributed by atoms with E-state index in [1.54, 1.807) is 0 Å². The number of hydrogen-bond acceptors (Lipinski definition) is 1. The van der Waals surface area contributed by atoms with Gasteiger partial charge in [0.15, 0.2) is 0 Å². The van der Waals surface area contributed by atoms with Crippen molar-refractivity contribution in [2.75, 3.05) is 0 Å². The smallest absolute Gasteiger partial charge is 0.254 e. The van der Waals surface area contributed by atoms with E-state index in [2.05, 4.69) is 31.3 Å². The van der Waals surface area contributed by atoms with Gasteiger partial charge in [0, 0.05) is 11.1 Å². The molecule has 1 unspecified atom stereocenters. The topological polar surface area (TPSA) is 29.1 Å². The summed E-state index contributed by atoms with van der Waals surface area (Å²) >= 11 is 5.71. The first kappa shape index (κ1) is 17.5. The molecule has 0 saturated carbocycles. The van der Waals surface area contributed by atoms with Crippen molar-refractivity contribution < 1.29 is 9.18 Å². The van der Waals surface area contributed by atoms with E-state index in [1.807, 2.05) is 25.1 Å². The molecular formula is C19H21ClFNO. The summed E-state index contributed by atoms with van der Waals surface area (Å²) in [5.74, 6) is -1.03. The lowest BCUT2D eigenvalue weighted by molar-refractivity contribution is 0.0930. The van der Waals surface area contributed by atoms with Crippen LogP contribution >= 0.6 is 11.6 Å². The normalized spacial score (nSPS) is 12.7. The maximum absolute atomic E-state index is 13.8. The fraction of sp³-hybridized carbons (Fsp3) is 0.316. The minimum Gasteiger partial charge on any atom is -0.349 e. The van der Waals surface area contributed by atoms with Crippen LogP contribution in [0.4, 0.5) is 4.39 Å². The fourth-order valence-corrected chi connectivity index (χ4v) is 2.96. The van der Waals surface area contributed by atoms with Gasteiger partial charge < -0.3 is 5.32 Å². The Kier molecular flexibility index (Phi) is 5.42. The molecule has 0 radical (unpaired) electrons. The molecule has 2 aromatic carbocycles. The second kappa shape index (κ2) is 7.14. The van der Waals surface area contributed by atoms with Gasteiger partial charge in [-0.15, -0.1) is 0 Å². The van der Waals surface area contributed by atoms with E-state index >= 15 is 0 Å². The minimum absolute atomic E-state index is 0.0127. The summed E-state index contributed by atoms with van der Waals surface area (Å²) in [6, 6.07) is 14.1. The SMILES string of the molecule is CC(CC(C)(C)c1ccccc1)NC(=O)c1ccc(Cl)cc1F. The van der Waals surface area contributed by atoms with Gasteiger partial charge in [0.25, 0.3) is 5.91 Å². The van der Waals surface area contributed by atoms with E-state index in [0.29, 0.717) is 0 Å². The Morgan fingerprint density at radius 1 is 1.22 bits per heavy atom. The lowest BCUT2D eigenvalue weighted by atomic mass is 9.79. The van der Waals surface area contributed by atoms with E-state index < -0.39 is 11.7 Å². The second-order valence-corrected chi connectivity index (χ2v) is 6.89. The van der Waals surface area contributed by atoms with Crippen LogP contribution in [0.5, 0.6) is 0 Å². The van der Waals surface area contributed by atoms with Crippen molar-refractivity contribution in [1.82, 2.24) is 5.32 Å². The van der Waals surface area contributed by atoms with Gasteiger partial charge in [0.1, 0.15) is 5.82 Å². The van der Waals surface area contributed by atoms with Crippen molar-refractivity contribution >= 4 is 17.5 Å². The molecule has 0 aliphatic heterocycles. The Morgan fingerprint density at radius 3 is 2.48 bits per heavy atom. The molecule has 2 rings (SSSR count). The highest BCUT2D eigenvalue weighted by atomic mass is 35.5. The zero-order chi connectivity index (χ0) is 17.0. The van der Waals surface area contributed by atoms with Crippen molar-refractivity contribution in [3.05, 3.63) is 70.5 Å². The number of halogens is 2. The Balaban J connectivity index is 2.04. The number of amides is 1. The number of benzene rings is 2. The third-order valence-corrected chi connectivity index (χ3v) is 4.16. The van der Waals surface area contributed by atoms with Crippen LogP contribution in [0.25, 0.3) is 0 Å². The van der Waals surface area contributed by atoms with Crippen LogP contribution < -0.4 is 5.32 Å². The predicted octanol–water partition coefficient (Wildman–Crippen LogP) is 4.97. The van der Waals surface area contributed by atoms with Crippen LogP contribution in [0.15, 0.2) is 48.5 Å². The van der Waals surface area contributed by atoms with Crippen LogP contribution in [0, 0.1) is 5.82 Å². The number of rotatable bonds is 5. The van der Waals surface area contributed by atoms with E-state index in [4.69, 9.17) is 11.6 Å². The van der Waals surface area contributed by atoms with Gasteiger partial charge in [-0.2, -0.15) is 0 Å². The van der Waals surface area contributed by atoms with E-state index in [0.717, 1.165) is 12.5 Å². The number of carbonyl (C=O) groups is 1. The van der Waals surface area contributed by atoms with Gasteiger partial charge in [-0.3, -0.25) is 4.79 Å². The minimum atomic E-state index is -0.607. The third kappa shape index (κ3) is 4.55. The van der Waals surface area contributed by atoms with Crippen molar-refractivity contribution in [2.24, 2.45) is 0 Å². The highest BCUT2D eigenvalue weighted by Gasteiger charge is 2.24. The molecule has 2 aromatic rings. The number of carbonyl (C=O) groups excluding carboxylic acids is 1. The standard InChI is InChI=1S/C19H21ClFNO/c1-13(12-19(2,3)14-7-5-4-6-8-14)22-18(23)16-10-9-15(20)11-17(16)21/h4-11,13H,12H2,1-3H3,(H,22,23). The van der Waals surface area contributed by atoms with E-state index in [-0.39, 0.29) is 22.0 Å². The molecule has 0 fully saturated rings. The molecule has 0 heterocycles. The highest BCUT2D eigenvalue weighted by molar-refractivity contribution is 6.30. The van der Waals surface area contributed by atoms with Crippen LogP contribution in [0.1, 0.15) is 43.1 Å². The highest BCUT2D eigenvalue weighted by Crippen LogP contribution is 2.28. The van der Waals surface area contributed by atoms with Gasteiger partial charge in [0.05, 0.1) is 5.56 Å². The summed E-state index contributed by atoms with van der Waals surface area (Å²) in [5.41, 5.74) is 1.13. The van der Waals surface area contributed by atoms with Crippen molar-refractivity contribution in [3.63, 3.8) is 0 Å². The molecule has 0 aromatic heterocycles. The first-order valence-corrected chi connectivity index (χ1v) is 7.99. The molecule has 0 saturated heterocycles. The van der Waals surface area contributed by atoms with Gasteiger partial charge in [0.2, 0.25) is 0 Å². The first-order valence-electron chi connectivity index (χ1n) is 7.61. The van der Waals surface area contributed by atoms with Gasteiger partial charge >= 0.3 is 0 Å². The van der Waals surface area contributed by atoms with Gasteiger partial charge in [-0.05, 0) is 42.5 Å². The molecule has 1 atom stereocenters. The molecule has 0 aliphatic carbocycles. The molecule has 23 heavy (non-hydrogen) atoms. The van der Waals surface area contributed by atoms with Gasteiger partial charge in [-0.25, -0.2) is 4.39 Å². The molecule has 1 amide bonds. The summed E-state index contributed by atoms with van der Waals surface area (Å²) in [6.07, 6.45) is 0.748. The monoisotopic (exact) mass is 333 g/mol. The molecule has 0 aliphatic rings. The molecular weight excluding hydrogens is 313 g/mol. The fourth-order valence-electron chi connectivity index (χ4n) is 2.80. The second-order valence-electron chi connectivity index (χ2n) is 6.45. The zero-order valence-electron chi connectivity index (χ0n) is 13.6. The summed E-state index contributed by atoms with van der Waals surface area (Å²) in [4.78, 5) is 12.2. The van der Waals surface area contributed by atoms with E-state index in [9.17, 15) is 9.18 Å². The lowest BCUT2D eigenvalue weighted by Crippen LogP contribution is -2.37. The summed E-state index contributed by atoms with van der Waals surface area (Å²) in [7, 11) is 0. The Hall–Kier alpha value is -1.87. The lowest BCUT2D eigenvalue weighted by Gasteiger charge is -2.29. The van der Waals surface area contributed by atoms with Gasteiger partial charge in [-0.1, -0.05) is 55.8 Å². The molecule has 0 bridgehead atoms. The van der Waals surface area contributed by atoms with Crippen LogP contribution in [0.2, 0.25) is 5.02 Å². The average molecular weight is 334 g/mol. The molecule has 4 heteroatoms. The largest absolute Gasteiger partial charge is 0.349 e. The van der Waals surface area contributed by atoms with Crippen LogP contribution in [-0.4, -0.2) is 11.9 Å². The molecule has 2 nitrogen and oxygen atoms in total. The molecule has 1 N–H and O–H groups in total. The maximum Gasteiger partial charge on any atom is 0.254 e. The van der Waals surface area contributed by atoms with Crippen LogP contribution in [-0.2, 0) is 5.41 Å². The zero-order valence-corrected chi connectivity index (χ0v) is 14.3. The third-order valence-electron chi connectivity index (χ3n) is 3.93. The van der Waals surface area contributed by atoms with Crippen molar-refractivity contribution in [3.8, 4) is 0 Å². The summed E-state index contributed by atoms with van der Waals surface area (Å²) in [5, 5.41) is 3.14. The summed E-state index contributed by atoms with van der Waals surface area (Å²) < 4.78 is 13.8. The average Bonchev–Trinajstić information content (AvgIpc) is 2.47. The number of nitrogens with one attached hydrogen (secondary N) is 1.